The number of amides is 1. The maximum Gasteiger partial charge on any atom is 0.262 e. The number of nitrogens with one attached hydrogen (secondary N) is 2. The molecule has 0 radical (unpaired) electrons. The highest BCUT2D eigenvalue weighted by Crippen LogP contribution is 2.24. The minimum absolute atomic E-state index is 0.123. The summed E-state index contributed by atoms with van der Waals surface area (Å²) < 4.78 is 29.1. The van der Waals surface area contributed by atoms with E-state index in [2.05, 4.69) is 16.9 Å². The number of carbonyl (C=O) groups is 1. The van der Waals surface area contributed by atoms with Crippen LogP contribution in [0.2, 0.25) is 0 Å². The van der Waals surface area contributed by atoms with Crippen molar-refractivity contribution >= 4 is 21.6 Å². The van der Waals surface area contributed by atoms with Gasteiger partial charge in [0.2, 0.25) is 0 Å². The van der Waals surface area contributed by atoms with Gasteiger partial charge >= 0.3 is 0 Å². The van der Waals surface area contributed by atoms with Crippen LogP contribution in [-0.4, -0.2) is 45.4 Å². The van der Waals surface area contributed by atoms with E-state index < -0.39 is 10.0 Å². The Kier molecular flexibility index (Phi) is 7.05. The van der Waals surface area contributed by atoms with Gasteiger partial charge in [-0.1, -0.05) is 54.1 Å². The topological polar surface area (TPSA) is 70.9 Å². The van der Waals surface area contributed by atoms with E-state index in [4.69, 9.17) is 0 Å². The van der Waals surface area contributed by atoms with E-state index in [1.54, 1.807) is 25.1 Å². The third-order valence-electron chi connectivity index (χ3n) is 6.41. The van der Waals surface area contributed by atoms with Crippen LogP contribution in [0.5, 0.6) is 0 Å². The molecule has 1 amide bonds. The van der Waals surface area contributed by atoms with Gasteiger partial charge in [-0.05, 0) is 50.1 Å². The Morgan fingerprint density at radius 1 is 0.912 bits per heavy atom. The predicted octanol–water partition coefficient (Wildman–Crippen LogP) is 2.95. The number of sulfonamides is 1. The van der Waals surface area contributed by atoms with E-state index >= 15 is 0 Å². The Balaban J connectivity index is 1.46. The lowest BCUT2D eigenvalue weighted by Crippen LogP contribution is -3.13. The number of hydrogen-bond acceptors (Lipinski definition) is 3. The van der Waals surface area contributed by atoms with Crippen molar-refractivity contribution in [2.45, 2.75) is 32.2 Å². The second kappa shape index (κ2) is 9.99. The lowest BCUT2D eigenvalue weighted by Gasteiger charge is -2.32. The monoisotopic (exact) mass is 478 g/mol. The fourth-order valence-electron chi connectivity index (χ4n) is 4.42. The van der Waals surface area contributed by atoms with E-state index in [9.17, 15) is 13.2 Å². The molecule has 1 saturated heterocycles. The van der Waals surface area contributed by atoms with Crippen LogP contribution in [-0.2, 0) is 16.6 Å². The highest BCUT2D eigenvalue weighted by atomic mass is 32.2. The molecule has 6 nitrogen and oxygen atoms in total. The number of nitrogens with zero attached hydrogens (tertiary/aromatic N) is 1. The van der Waals surface area contributed by atoms with Crippen molar-refractivity contribution in [3.63, 3.8) is 0 Å². The third-order valence-corrected chi connectivity index (χ3v) is 7.91. The molecule has 7 heteroatoms. The van der Waals surface area contributed by atoms with Gasteiger partial charge in [-0.2, -0.15) is 0 Å². The first kappa shape index (κ1) is 24.0. The highest BCUT2D eigenvalue weighted by molar-refractivity contribution is 7.92. The lowest BCUT2D eigenvalue weighted by atomic mass is 10.1. The third kappa shape index (κ3) is 5.48. The van der Waals surface area contributed by atoms with E-state index in [1.807, 2.05) is 49.1 Å². The summed E-state index contributed by atoms with van der Waals surface area (Å²) in [7, 11) is -3.83. The van der Waals surface area contributed by atoms with Crippen LogP contribution in [0.15, 0.2) is 71.6 Å². The van der Waals surface area contributed by atoms with Crippen molar-refractivity contribution in [1.29, 1.82) is 0 Å². The van der Waals surface area contributed by atoms with Crippen LogP contribution in [0, 0.1) is 20.8 Å². The Morgan fingerprint density at radius 2 is 1.62 bits per heavy atom. The molecule has 0 spiro atoms. The van der Waals surface area contributed by atoms with Gasteiger partial charge in [-0.3, -0.25) is 9.52 Å². The van der Waals surface area contributed by atoms with Gasteiger partial charge < -0.3 is 9.80 Å². The predicted molar refractivity (Wildman–Crippen MR) is 135 cm³/mol. The second-order valence-electron chi connectivity index (χ2n) is 9.11. The standard InChI is InChI=1S/C27H31N3O3S/c1-20-9-12-25(22(3)17-20)28-34(32,33)26-18-24(11-10-21(26)2)27(31)30-15-13-29(14-16-30)19-23-7-5-4-6-8-23/h4-12,17-18,28H,13-16,19H2,1-3H3/p+1. The first-order valence-electron chi connectivity index (χ1n) is 11.6. The number of hydrogen-bond donors (Lipinski definition) is 2. The molecule has 0 unspecified atom stereocenters. The van der Waals surface area contributed by atoms with E-state index in [1.165, 1.54) is 16.5 Å². The number of rotatable bonds is 6. The Hall–Kier alpha value is -3.16. The number of carbonyl (C=O) groups excluding carboxylic acids is 1. The smallest absolute Gasteiger partial charge is 0.262 e. The minimum atomic E-state index is -3.83. The quantitative estimate of drug-likeness (QED) is 0.572. The van der Waals surface area contributed by atoms with Crippen molar-refractivity contribution in [2.75, 3.05) is 30.9 Å². The maximum atomic E-state index is 13.2. The molecule has 0 saturated carbocycles. The van der Waals surface area contributed by atoms with E-state index in [0.717, 1.165) is 30.8 Å². The first-order chi connectivity index (χ1) is 16.2. The van der Waals surface area contributed by atoms with Gasteiger partial charge in [-0.15, -0.1) is 0 Å². The zero-order valence-electron chi connectivity index (χ0n) is 20.0. The van der Waals surface area contributed by atoms with Gasteiger partial charge in [0, 0.05) is 11.1 Å². The lowest BCUT2D eigenvalue weighted by molar-refractivity contribution is -0.917. The summed E-state index contributed by atoms with van der Waals surface area (Å²) in [6, 6.07) is 20.9. The summed E-state index contributed by atoms with van der Waals surface area (Å²) in [5, 5.41) is 0. The molecule has 2 N–H and O–H groups in total. The summed E-state index contributed by atoms with van der Waals surface area (Å²) in [6.07, 6.45) is 0. The number of benzene rings is 3. The second-order valence-corrected chi connectivity index (χ2v) is 10.8. The molecule has 0 bridgehead atoms. The number of aryl methyl sites for hydroxylation is 3. The van der Waals surface area contributed by atoms with Crippen LogP contribution in [0.25, 0.3) is 0 Å². The van der Waals surface area contributed by atoms with Crippen LogP contribution in [0.1, 0.15) is 32.6 Å². The normalized spacial score (nSPS) is 14.7. The molecule has 1 fully saturated rings. The largest absolute Gasteiger partial charge is 0.328 e. The van der Waals surface area contributed by atoms with Gasteiger partial charge in [0.05, 0.1) is 36.8 Å². The van der Waals surface area contributed by atoms with Gasteiger partial charge in [0.1, 0.15) is 6.54 Å². The van der Waals surface area contributed by atoms with Gasteiger partial charge in [0.25, 0.3) is 15.9 Å². The molecular formula is C27H32N3O3S+. The van der Waals surface area contributed by atoms with Gasteiger partial charge in [-0.25, -0.2) is 8.42 Å². The number of piperazine rings is 1. The summed E-state index contributed by atoms with van der Waals surface area (Å²) >= 11 is 0. The minimum Gasteiger partial charge on any atom is -0.328 e. The van der Waals surface area contributed by atoms with Gasteiger partial charge in [0.15, 0.2) is 0 Å². The number of anilines is 1. The van der Waals surface area contributed by atoms with Crippen LogP contribution < -0.4 is 9.62 Å². The highest BCUT2D eigenvalue weighted by Gasteiger charge is 2.26. The molecule has 3 aromatic carbocycles. The van der Waals surface area contributed by atoms with E-state index in [0.29, 0.717) is 29.9 Å². The average molecular weight is 479 g/mol. The Labute approximate surface area is 202 Å². The summed E-state index contributed by atoms with van der Waals surface area (Å²) in [6.45, 7) is 9.56. The van der Waals surface area contributed by atoms with Crippen molar-refractivity contribution in [2.24, 2.45) is 0 Å². The molecule has 4 rings (SSSR count). The van der Waals surface area contributed by atoms with Crippen molar-refractivity contribution in [3.05, 3.63) is 94.5 Å². The molecule has 1 aliphatic rings. The zero-order chi connectivity index (χ0) is 24.3. The molecule has 0 aromatic heterocycles. The summed E-state index contributed by atoms with van der Waals surface area (Å²) in [4.78, 5) is 16.6. The fourth-order valence-corrected chi connectivity index (χ4v) is 5.82. The molecule has 1 aliphatic heterocycles. The van der Waals surface area contributed by atoms with Crippen molar-refractivity contribution in [3.8, 4) is 0 Å². The van der Waals surface area contributed by atoms with Crippen LogP contribution >= 0.6 is 0 Å². The first-order valence-corrected chi connectivity index (χ1v) is 13.1. The molecule has 3 aromatic rings. The molecule has 34 heavy (non-hydrogen) atoms. The van der Waals surface area contributed by atoms with Crippen LogP contribution in [0.4, 0.5) is 5.69 Å². The Morgan fingerprint density at radius 3 is 2.29 bits per heavy atom. The molecule has 178 valence electrons. The summed E-state index contributed by atoms with van der Waals surface area (Å²) in [5.41, 5.74) is 4.75. The molecular weight excluding hydrogens is 446 g/mol. The molecule has 0 atom stereocenters. The van der Waals surface area contributed by atoms with Crippen LogP contribution in [0.3, 0.4) is 0 Å². The Bertz CT molecular complexity index is 1280. The summed E-state index contributed by atoms with van der Waals surface area (Å²) in [5.74, 6) is -0.123. The average Bonchev–Trinajstić information content (AvgIpc) is 2.82. The maximum absolute atomic E-state index is 13.2. The zero-order valence-corrected chi connectivity index (χ0v) is 20.8. The fraction of sp³-hybridized carbons (Fsp3) is 0.296. The number of quaternary nitrogens is 1. The van der Waals surface area contributed by atoms with Crippen molar-refractivity contribution in [1.82, 2.24) is 4.90 Å². The van der Waals surface area contributed by atoms with E-state index in [-0.39, 0.29) is 10.8 Å². The van der Waals surface area contributed by atoms with Crippen molar-refractivity contribution < 1.29 is 18.1 Å². The SMILES string of the molecule is Cc1ccc(NS(=O)(=O)c2cc(C(=O)N3CC[NH+](Cc4ccccc4)CC3)ccc2C)c(C)c1. The molecule has 0 aliphatic carbocycles. The molecule has 1 heterocycles.